The first-order chi connectivity index (χ1) is 15.9. The van der Waals surface area contributed by atoms with Crippen molar-refractivity contribution in [3.8, 4) is 5.75 Å². The van der Waals surface area contributed by atoms with Crippen molar-refractivity contribution >= 4 is 37.5 Å². The van der Waals surface area contributed by atoms with E-state index >= 15 is 0 Å². The van der Waals surface area contributed by atoms with Crippen LogP contribution in [0.4, 0.5) is 4.39 Å². The fourth-order valence-corrected chi connectivity index (χ4v) is 6.62. The summed E-state index contributed by atoms with van der Waals surface area (Å²) in [4.78, 5) is 17.8. The van der Waals surface area contributed by atoms with Crippen LogP contribution in [0.2, 0.25) is 0 Å². The number of carbonyl (C=O) groups excluding carboxylic acids is 1. The van der Waals surface area contributed by atoms with Crippen molar-refractivity contribution in [2.24, 2.45) is 4.99 Å². The highest BCUT2D eigenvalue weighted by molar-refractivity contribution is 7.89. The molecule has 1 aromatic heterocycles. The van der Waals surface area contributed by atoms with Crippen molar-refractivity contribution < 1.29 is 27.1 Å². The van der Waals surface area contributed by atoms with E-state index in [0.717, 1.165) is 0 Å². The molecule has 0 spiro atoms. The summed E-state index contributed by atoms with van der Waals surface area (Å²) in [5, 5.41) is 0. The van der Waals surface area contributed by atoms with E-state index in [-0.39, 0.29) is 11.4 Å². The number of halogens is 1. The molecule has 0 bridgehead atoms. The van der Waals surface area contributed by atoms with Gasteiger partial charge in [-0.15, -0.1) is 0 Å². The Labute approximate surface area is 194 Å². The second kappa shape index (κ2) is 9.72. The maximum atomic E-state index is 14.5. The second-order valence-corrected chi connectivity index (χ2v) is 10.4. The average molecular weight is 494 g/mol. The van der Waals surface area contributed by atoms with Crippen LogP contribution in [0.5, 0.6) is 5.75 Å². The molecule has 3 aromatic rings. The minimum absolute atomic E-state index is 0.0853. The molecular weight excluding hydrogens is 469 g/mol. The number of thiazole rings is 1. The summed E-state index contributed by atoms with van der Waals surface area (Å²) in [7, 11) is -0.858. The van der Waals surface area contributed by atoms with Crippen molar-refractivity contribution in [1.29, 1.82) is 0 Å². The number of hydrogen-bond donors (Lipinski definition) is 0. The number of amides is 1. The Morgan fingerprint density at radius 3 is 2.67 bits per heavy atom. The average Bonchev–Trinajstić information content (AvgIpc) is 3.44. The molecule has 1 unspecified atom stereocenters. The van der Waals surface area contributed by atoms with Crippen LogP contribution in [-0.4, -0.2) is 56.6 Å². The monoisotopic (exact) mass is 493 g/mol. The number of benzene rings is 2. The van der Waals surface area contributed by atoms with E-state index in [1.54, 1.807) is 28.8 Å². The first-order valence-electron chi connectivity index (χ1n) is 10.4. The lowest BCUT2D eigenvalue weighted by molar-refractivity contribution is -0.121. The number of sulfonamides is 1. The molecule has 11 heteroatoms. The van der Waals surface area contributed by atoms with Gasteiger partial charge in [0.05, 0.1) is 28.8 Å². The van der Waals surface area contributed by atoms with Gasteiger partial charge in [-0.05, 0) is 49.2 Å². The summed E-state index contributed by atoms with van der Waals surface area (Å²) >= 11 is 1.18. The van der Waals surface area contributed by atoms with E-state index in [4.69, 9.17) is 9.47 Å². The summed E-state index contributed by atoms with van der Waals surface area (Å²) in [5.41, 5.74) is 0.347. The SMILES string of the molecule is COCCn1c(=NC(=O)C2CCCN2S(=O)(=O)c2ccc(OC)cc2)sc2cccc(F)c21. The number of nitrogens with zero attached hydrogens (tertiary/aromatic N) is 3. The third-order valence-electron chi connectivity index (χ3n) is 5.53. The predicted molar refractivity (Wildman–Crippen MR) is 122 cm³/mol. The molecular formula is C22H24FN3O5S2. The van der Waals surface area contributed by atoms with Crippen molar-refractivity contribution in [3.05, 3.63) is 53.1 Å². The Morgan fingerprint density at radius 1 is 1.21 bits per heavy atom. The topological polar surface area (TPSA) is 90.2 Å². The van der Waals surface area contributed by atoms with Gasteiger partial charge in [-0.3, -0.25) is 4.79 Å². The second-order valence-electron chi connectivity index (χ2n) is 7.52. The zero-order valence-corrected chi connectivity index (χ0v) is 19.9. The van der Waals surface area contributed by atoms with Crippen molar-refractivity contribution in [3.63, 3.8) is 0 Å². The summed E-state index contributed by atoms with van der Waals surface area (Å²) in [6, 6.07) is 9.83. The van der Waals surface area contributed by atoms with Gasteiger partial charge in [-0.1, -0.05) is 17.4 Å². The van der Waals surface area contributed by atoms with Gasteiger partial charge in [0.15, 0.2) is 4.80 Å². The molecule has 1 saturated heterocycles. The normalized spacial score (nSPS) is 17.7. The van der Waals surface area contributed by atoms with Gasteiger partial charge in [0.2, 0.25) is 10.0 Å². The molecule has 1 aliphatic heterocycles. The standard InChI is InChI=1S/C22H24FN3O5S2/c1-30-14-13-25-20-17(23)5-3-7-19(20)32-22(25)24-21(27)18-6-4-12-26(18)33(28,29)16-10-8-15(31-2)9-11-16/h3,5,7-11,18H,4,6,12-14H2,1-2H3. The van der Waals surface area contributed by atoms with Crippen LogP contribution >= 0.6 is 11.3 Å². The minimum Gasteiger partial charge on any atom is -0.497 e. The number of aromatic nitrogens is 1. The molecule has 0 N–H and O–H groups in total. The molecule has 1 amide bonds. The predicted octanol–water partition coefficient (Wildman–Crippen LogP) is 2.78. The van der Waals surface area contributed by atoms with Crippen LogP contribution in [-0.2, 0) is 26.1 Å². The van der Waals surface area contributed by atoms with Gasteiger partial charge in [0.1, 0.15) is 17.6 Å². The third kappa shape index (κ3) is 4.58. The number of rotatable bonds is 7. The molecule has 33 heavy (non-hydrogen) atoms. The van der Waals surface area contributed by atoms with E-state index in [0.29, 0.717) is 46.8 Å². The van der Waals surface area contributed by atoms with Gasteiger partial charge in [0, 0.05) is 20.2 Å². The van der Waals surface area contributed by atoms with Crippen LogP contribution in [0.1, 0.15) is 12.8 Å². The number of fused-ring (bicyclic) bond motifs is 1. The summed E-state index contributed by atoms with van der Waals surface area (Å²) in [6.07, 6.45) is 0.918. The lowest BCUT2D eigenvalue weighted by atomic mass is 10.2. The Bertz CT molecular complexity index is 1330. The zero-order valence-electron chi connectivity index (χ0n) is 18.2. The maximum Gasteiger partial charge on any atom is 0.266 e. The van der Waals surface area contributed by atoms with Gasteiger partial charge in [-0.25, -0.2) is 12.8 Å². The number of carbonyl (C=O) groups is 1. The van der Waals surface area contributed by atoms with Crippen LogP contribution in [0.25, 0.3) is 10.2 Å². The molecule has 1 aliphatic rings. The van der Waals surface area contributed by atoms with E-state index in [9.17, 15) is 17.6 Å². The molecule has 0 aliphatic carbocycles. The molecule has 1 atom stereocenters. The fourth-order valence-electron chi connectivity index (χ4n) is 3.89. The Kier molecular flexibility index (Phi) is 6.94. The lowest BCUT2D eigenvalue weighted by Gasteiger charge is -2.21. The number of methoxy groups -OCH3 is 2. The first kappa shape index (κ1) is 23.6. The van der Waals surface area contributed by atoms with Crippen molar-refractivity contribution in [2.75, 3.05) is 27.4 Å². The first-order valence-corrected chi connectivity index (χ1v) is 12.6. The van der Waals surface area contributed by atoms with Gasteiger partial charge < -0.3 is 14.0 Å². The Balaban J connectivity index is 1.70. The van der Waals surface area contributed by atoms with Crippen LogP contribution in [0.3, 0.4) is 0 Å². The van der Waals surface area contributed by atoms with E-state index in [1.807, 2.05) is 0 Å². The Morgan fingerprint density at radius 2 is 1.97 bits per heavy atom. The zero-order chi connectivity index (χ0) is 23.6. The summed E-state index contributed by atoms with van der Waals surface area (Å²) in [5.74, 6) is -0.448. The molecule has 2 aromatic carbocycles. The largest absolute Gasteiger partial charge is 0.497 e. The van der Waals surface area contributed by atoms with Gasteiger partial charge in [0.25, 0.3) is 5.91 Å². The molecule has 4 rings (SSSR count). The molecule has 0 saturated carbocycles. The molecule has 0 radical (unpaired) electrons. The summed E-state index contributed by atoms with van der Waals surface area (Å²) in [6.45, 7) is 0.843. The highest BCUT2D eigenvalue weighted by atomic mass is 32.2. The highest BCUT2D eigenvalue weighted by Gasteiger charge is 2.39. The number of hydrogen-bond acceptors (Lipinski definition) is 6. The van der Waals surface area contributed by atoms with Crippen LogP contribution < -0.4 is 9.54 Å². The lowest BCUT2D eigenvalue weighted by Crippen LogP contribution is -2.40. The van der Waals surface area contributed by atoms with Gasteiger partial charge >= 0.3 is 0 Å². The van der Waals surface area contributed by atoms with E-state index in [2.05, 4.69) is 4.99 Å². The molecule has 8 nitrogen and oxygen atoms in total. The smallest absolute Gasteiger partial charge is 0.266 e. The number of para-hydroxylation sites is 1. The quantitative estimate of drug-likeness (QED) is 0.505. The maximum absolute atomic E-state index is 14.5. The van der Waals surface area contributed by atoms with Crippen molar-refractivity contribution in [1.82, 2.24) is 8.87 Å². The molecule has 176 valence electrons. The molecule has 1 fully saturated rings. The molecule has 2 heterocycles. The summed E-state index contributed by atoms with van der Waals surface area (Å²) < 4.78 is 54.6. The van der Waals surface area contributed by atoms with Gasteiger partial charge in [-0.2, -0.15) is 9.30 Å². The fraction of sp³-hybridized carbons (Fsp3) is 0.364. The Hall–Kier alpha value is -2.60. The highest BCUT2D eigenvalue weighted by Crippen LogP contribution is 2.28. The van der Waals surface area contributed by atoms with Crippen LogP contribution in [0.15, 0.2) is 52.4 Å². The van der Waals surface area contributed by atoms with Crippen molar-refractivity contribution in [2.45, 2.75) is 30.3 Å². The third-order valence-corrected chi connectivity index (χ3v) is 8.50. The minimum atomic E-state index is -3.89. The van der Waals surface area contributed by atoms with E-state index < -0.39 is 27.8 Å². The van der Waals surface area contributed by atoms with E-state index in [1.165, 1.54) is 48.1 Å². The van der Waals surface area contributed by atoms with Crippen LogP contribution in [0, 0.1) is 5.82 Å². The number of ether oxygens (including phenoxy) is 2.